The van der Waals surface area contributed by atoms with Gasteiger partial charge in [0.15, 0.2) is 0 Å². The average Bonchev–Trinajstić information content (AvgIpc) is 2.84. The molecule has 0 aliphatic heterocycles. The van der Waals surface area contributed by atoms with E-state index in [0.717, 1.165) is 11.0 Å². The second kappa shape index (κ2) is 3.23. The van der Waals surface area contributed by atoms with Crippen molar-refractivity contribution in [2.45, 2.75) is 0 Å². The van der Waals surface area contributed by atoms with Crippen LogP contribution in [0.2, 0.25) is 0 Å². The van der Waals surface area contributed by atoms with Gasteiger partial charge in [-0.3, -0.25) is 4.79 Å². The van der Waals surface area contributed by atoms with E-state index >= 15 is 0 Å². The van der Waals surface area contributed by atoms with Gasteiger partial charge in [-0.15, -0.1) is 0 Å². The first-order valence-electron chi connectivity index (χ1n) is 5.66. The number of rotatable bonds is 0. The molecule has 0 bridgehead atoms. The predicted octanol–water partition coefficient (Wildman–Crippen LogP) is 3.69. The highest BCUT2D eigenvalue weighted by atomic mass is 16.3. The maximum atomic E-state index is 12.4. The molecule has 3 heteroatoms. The Morgan fingerprint density at radius 2 is 1.72 bits per heavy atom. The van der Waals surface area contributed by atoms with Crippen LogP contribution < -0.4 is 5.43 Å². The molecule has 0 spiro atoms. The Kier molecular flexibility index (Phi) is 1.70. The van der Waals surface area contributed by atoms with Crippen molar-refractivity contribution in [3.63, 3.8) is 0 Å². The van der Waals surface area contributed by atoms with Gasteiger partial charge in [-0.25, -0.2) is 0 Å². The number of hydrogen-bond donors (Lipinski definition) is 0. The third kappa shape index (κ3) is 1.16. The zero-order valence-electron chi connectivity index (χ0n) is 9.34. The molecule has 86 valence electrons. The first kappa shape index (κ1) is 9.48. The van der Waals surface area contributed by atoms with Crippen molar-refractivity contribution in [2.24, 2.45) is 0 Å². The van der Waals surface area contributed by atoms with Gasteiger partial charge in [0.25, 0.3) is 0 Å². The molecule has 0 aliphatic carbocycles. The van der Waals surface area contributed by atoms with Crippen LogP contribution in [0.1, 0.15) is 0 Å². The lowest BCUT2D eigenvalue weighted by atomic mass is 10.1. The monoisotopic (exact) mass is 236 g/mol. The molecule has 0 atom stereocenters. The van der Waals surface area contributed by atoms with E-state index in [4.69, 9.17) is 8.83 Å². The van der Waals surface area contributed by atoms with Crippen molar-refractivity contribution in [1.29, 1.82) is 0 Å². The fraction of sp³-hybridized carbons (Fsp3) is 0. The van der Waals surface area contributed by atoms with E-state index in [-0.39, 0.29) is 5.43 Å². The first-order chi connectivity index (χ1) is 8.83. The van der Waals surface area contributed by atoms with Crippen molar-refractivity contribution >= 4 is 32.9 Å². The fourth-order valence-corrected chi connectivity index (χ4v) is 2.26. The summed E-state index contributed by atoms with van der Waals surface area (Å²) in [5.74, 6) is 0. The Bertz CT molecular complexity index is 944. The minimum absolute atomic E-state index is 0.00468. The molecule has 0 radical (unpaired) electrons. The van der Waals surface area contributed by atoms with Gasteiger partial charge >= 0.3 is 0 Å². The molecule has 0 saturated heterocycles. The van der Waals surface area contributed by atoms with Gasteiger partial charge in [-0.1, -0.05) is 12.1 Å². The molecule has 18 heavy (non-hydrogen) atoms. The summed E-state index contributed by atoms with van der Waals surface area (Å²) >= 11 is 0. The van der Waals surface area contributed by atoms with Gasteiger partial charge in [0.2, 0.25) is 5.43 Å². The lowest BCUT2D eigenvalue weighted by molar-refractivity contribution is 0.613. The smallest absolute Gasteiger partial charge is 0.200 e. The number of hydrogen-bond acceptors (Lipinski definition) is 3. The zero-order chi connectivity index (χ0) is 12.1. The zero-order valence-corrected chi connectivity index (χ0v) is 9.34. The van der Waals surface area contributed by atoms with E-state index in [1.807, 2.05) is 24.3 Å². The van der Waals surface area contributed by atoms with Gasteiger partial charge in [0.1, 0.15) is 16.7 Å². The maximum absolute atomic E-state index is 12.4. The Labute approximate surface area is 101 Å². The van der Waals surface area contributed by atoms with Crippen LogP contribution in [0, 0.1) is 0 Å². The van der Waals surface area contributed by atoms with Crippen molar-refractivity contribution in [1.82, 2.24) is 0 Å². The highest BCUT2D eigenvalue weighted by Crippen LogP contribution is 2.24. The Balaban J connectivity index is 2.33. The van der Waals surface area contributed by atoms with Gasteiger partial charge in [-0.2, -0.15) is 0 Å². The first-order valence-corrected chi connectivity index (χ1v) is 5.66. The Morgan fingerprint density at radius 1 is 0.833 bits per heavy atom. The van der Waals surface area contributed by atoms with Crippen LogP contribution in [0.3, 0.4) is 0 Å². The van der Waals surface area contributed by atoms with Crippen LogP contribution >= 0.6 is 0 Å². The van der Waals surface area contributed by atoms with Gasteiger partial charge in [-0.05, 0) is 24.3 Å². The number of benzene rings is 2. The van der Waals surface area contributed by atoms with Crippen molar-refractivity contribution < 1.29 is 8.83 Å². The van der Waals surface area contributed by atoms with E-state index in [1.54, 1.807) is 24.5 Å². The standard InChI is InChI=1S/C15H8O3/c16-15-10-3-1-2-4-12(10)18-14-8-13-9(5-6-17-13)7-11(14)15/h1-8H. The molecule has 2 aromatic carbocycles. The second-order valence-corrected chi connectivity index (χ2v) is 4.23. The van der Waals surface area contributed by atoms with Crippen LogP contribution in [-0.4, -0.2) is 0 Å². The molecule has 2 aromatic heterocycles. The minimum atomic E-state index is -0.00468. The number of furan rings is 1. The summed E-state index contributed by atoms with van der Waals surface area (Å²) in [4.78, 5) is 12.4. The Morgan fingerprint density at radius 3 is 2.67 bits per heavy atom. The normalized spacial score (nSPS) is 11.6. The second-order valence-electron chi connectivity index (χ2n) is 4.23. The third-order valence-corrected chi connectivity index (χ3v) is 3.15. The SMILES string of the molecule is O=c1c2ccccc2oc2cc3occc3cc12. The summed E-state index contributed by atoms with van der Waals surface area (Å²) in [5, 5.41) is 2.10. The largest absolute Gasteiger partial charge is 0.464 e. The van der Waals surface area contributed by atoms with E-state index in [1.165, 1.54) is 0 Å². The van der Waals surface area contributed by atoms with Crippen LogP contribution in [0.5, 0.6) is 0 Å². The van der Waals surface area contributed by atoms with Crippen LogP contribution in [0.25, 0.3) is 32.9 Å². The van der Waals surface area contributed by atoms with E-state index in [2.05, 4.69) is 0 Å². The highest BCUT2D eigenvalue weighted by Gasteiger charge is 2.09. The summed E-state index contributed by atoms with van der Waals surface area (Å²) in [5.41, 5.74) is 1.87. The van der Waals surface area contributed by atoms with Crippen LogP contribution in [0.15, 0.2) is 62.4 Å². The summed E-state index contributed by atoms with van der Waals surface area (Å²) in [7, 11) is 0. The molecule has 2 heterocycles. The third-order valence-electron chi connectivity index (χ3n) is 3.15. The quantitative estimate of drug-likeness (QED) is 0.437. The minimum Gasteiger partial charge on any atom is -0.464 e. The molecular weight excluding hydrogens is 228 g/mol. The lowest BCUT2D eigenvalue weighted by Gasteiger charge is -2.00. The van der Waals surface area contributed by atoms with E-state index in [9.17, 15) is 4.79 Å². The van der Waals surface area contributed by atoms with Crippen molar-refractivity contribution in [3.05, 3.63) is 59.0 Å². The molecule has 0 saturated carbocycles. The summed E-state index contributed by atoms with van der Waals surface area (Å²) in [6.07, 6.45) is 1.60. The molecule has 0 N–H and O–H groups in total. The Hall–Kier alpha value is -2.55. The molecule has 0 aliphatic rings. The van der Waals surface area contributed by atoms with Crippen LogP contribution in [-0.2, 0) is 0 Å². The van der Waals surface area contributed by atoms with Gasteiger partial charge in [0.05, 0.1) is 17.0 Å². The topological polar surface area (TPSA) is 43.4 Å². The van der Waals surface area contributed by atoms with Gasteiger partial charge < -0.3 is 8.83 Å². The number of fused-ring (bicyclic) bond motifs is 3. The molecule has 4 aromatic rings. The number of para-hydroxylation sites is 1. The van der Waals surface area contributed by atoms with Crippen molar-refractivity contribution in [3.8, 4) is 0 Å². The maximum Gasteiger partial charge on any atom is 0.200 e. The van der Waals surface area contributed by atoms with Gasteiger partial charge in [0, 0.05) is 11.5 Å². The summed E-state index contributed by atoms with van der Waals surface area (Å²) in [6.45, 7) is 0. The molecule has 0 unspecified atom stereocenters. The van der Waals surface area contributed by atoms with E-state index < -0.39 is 0 Å². The summed E-state index contributed by atoms with van der Waals surface area (Å²) < 4.78 is 11.1. The lowest BCUT2D eigenvalue weighted by Crippen LogP contribution is -2.01. The molecular formula is C15H8O3. The molecule has 4 rings (SSSR count). The van der Waals surface area contributed by atoms with Crippen molar-refractivity contribution in [2.75, 3.05) is 0 Å². The summed E-state index contributed by atoms with van der Waals surface area (Å²) in [6, 6.07) is 12.7. The fourth-order valence-electron chi connectivity index (χ4n) is 2.26. The molecule has 0 amide bonds. The molecule has 0 fully saturated rings. The van der Waals surface area contributed by atoms with E-state index in [0.29, 0.717) is 21.9 Å². The highest BCUT2D eigenvalue weighted by molar-refractivity contribution is 5.97. The predicted molar refractivity (Wildman–Crippen MR) is 69.8 cm³/mol. The van der Waals surface area contributed by atoms with Crippen LogP contribution in [0.4, 0.5) is 0 Å². The average molecular weight is 236 g/mol. The molecule has 3 nitrogen and oxygen atoms in total.